The van der Waals surface area contributed by atoms with Gasteiger partial charge in [-0.1, -0.05) is 17.7 Å². The molecule has 0 radical (unpaired) electrons. The second kappa shape index (κ2) is 7.91. The Bertz CT molecular complexity index is 827. The van der Waals surface area contributed by atoms with Crippen LogP contribution in [0.15, 0.2) is 24.4 Å². The summed E-state index contributed by atoms with van der Waals surface area (Å²) in [4.78, 5) is 24.0. The Labute approximate surface area is 157 Å². The lowest BCUT2D eigenvalue weighted by molar-refractivity contribution is -0.142. The molecule has 26 heavy (non-hydrogen) atoms. The smallest absolute Gasteiger partial charge is 0.307 e. The van der Waals surface area contributed by atoms with Crippen LogP contribution in [-0.4, -0.2) is 34.8 Å². The number of rotatable bonds is 7. The van der Waals surface area contributed by atoms with E-state index in [9.17, 15) is 9.59 Å². The Hall–Kier alpha value is -2.34. The van der Waals surface area contributed by atoms with Gasteiger partial charge in [0.1, 0.15) is 0 Å². The fourth-order valence-electron chi connectivity index (χ4n) is 2.81. The molecule has 7 heteroatoms. The highest BCUT2D eigenvalue weighted by Crippen LogP contribution is 2.42. The van der Waals surface area contributed by atoms with E-state index >= 15 is 0 Å². The van der Waals surface area contributed by atoms with Gasteiger partial charge >= 0.3 is 5.97 Å². The van der Waals surface area contributed by atoms with E-state index < -0.39 is 0 Å². The largest absolute Gasteiger partial charge is 0.466 e. The van der Waals surface area contributed by atoms with Gasteiger partial charge in [-0.3, -0.25) is 9.59 Å². The number of ether oxygens (including phenoxy) is 1. The highest BCUT2D eigenvalue weighted by molar-refractivity contribution is 6.31. The summed E-state index contributed by atoms with van der Waals surface area (Å²) in [6, 6.07) is 5.75. The van der Waals surface area contributed by atoms with E-state index in [1.165, 1.54) is 0 Å². The molecule has 2 aromatic rings. The van der Waals surface area contributed by atoms with Crippen LogP contribution in [0.25, 0.3) is 5.69 Å². The van der Waals surface area contributed by atoms with Crippen LogP contribution in [0.3, 0.4) is 0 Å². The zero-order valence-electron chi connectivity index (χ0n) is 14.9. The lowest BCUT2D eigenvalue weighted by Gasteiger charge is -2.10. The molecule has 1 saturated carbocycles. The summed E-state index contributed by atoms with van der Waals surface area (Å²) in [5.74, 6) is -0.218. The summed E-state index contributed by atoms with van der Waals surface area (Å²) in [7, 11) is 0. The Morgan fingerprint density at radius 3 is 2.81 bits per heavy atom. The minimum atomic E-state index is -0.319. The van der Waals surface area contributed by atoms with Crippen LogP contribution >= 0.6 is 11.6 Å². The second-order valence-electron chi connectivity index (χ2n) is 6.37. The first-order valence-corrected chi connectivity index (χ1v) is 9.17. The van der Waals surface area contributed by atoms with Gasteiger partial charge in [0.05, 0.1) is 36.2 Å². The summed E-state index contributed by atoms with van der Waals surface area (Å²) >= 11 is 6.24. The minimum absolute atomic E-state index is 0.153. The molecule has 0 bridgehead atoms. The van der Waals surface area contributed by atoms with Crippen molar-refractivity contribution in [2.45, 2.75) is 39.0 Å². The van der Waals surface area contributed by atoms with Crippen molar-refractivity contribution in [3.8, 4) is 5.69 Å². The molecule has 6 nitrogen and oxygen atoms in total. The number of hydrogen-bond donors (Lipinski definition) is 1. The molecule has 0 spiro atoms. The third-order valence-corrected chi connectivity index (χ3v) is 4.74. The van der Waals surface area contributed by atoms with E-state index in [-0.39, 0.29) is 24.8 Å². The van der Waals surface area contributed by atoms with Crippen molar-refractivity contribution in [2.24, 2.45) is 0 Å². The van der Waals surface area contributed by atoms with Gasteiger partial charge in [0.25, 0.3) is 5.91 Å². The monoisotopic (exact) mass is 375 g/mol. The van der Waals surface area contributed by atoms with Gasteiger partial charge in [0.15, 0.2) is 0 Å². The average Bonchev–Trinajstić information content (AvgIpc) is 3.35. The molecule has 1 amide bonds. The Morgan fingerprint density at radius 2 is 2.15 bits per heavy atom. The van der Waals surface area contributed by atoms with Gasteiger partial charge in [0.2, 0.25) is 0 Å². The summed E-state index contributed by atoms with van der Waals surface area (Å²) in [5, 5.41) is 7.86. The summed E-state index contributed by atoms with van der Waals surface area (Å²) in [6.45, 7) is 4.28. The van der Waals surface area contributed by atoms with Gasteiger partial charge in [-0.25, -0.2) is 4.68 Å². The molecule has 0 saturated heterocycles. The zero-order valence-corrected chi connectivity index (χ0v) is 15.7. The maximum absolute atomic E-state index is 12.6. The Balaban J connectivity index is 1.78. The van der Waals surface area contributed by atoms with Crippen LogP contribution in [0.5, 0.6) is 0 Å². The summed E-state index contributed by atoms with van der Waals surface area (Å²) in [6.07, 6.45) is 3.81. The van der Waals surface area contributed by atoms with Crippen molar-refractivity contribution in [1.82, 2.24) is 15.1 Å². The SMILES string of the molecule is CCOC(=O)CCNC(=O)c1cnn(-c2ccc(C)c(Cl)c2)c1C1CC1. The number of halogens is 1. The predicted molar refractivity (Wildman–Crippen MR) is 98.9 cm³/mol. The van der Waals surface area contributed by atoms with Crippen LogP contribution in [0.2, 0.25) is 5.02 Å². The standard InChI is InChI=1S/C19H22ClN3O3/c1-3-26-17(24)8-9-21-19(25)15-11-22-23(18(15)13-5-6-13)14-7-4-12(2)16(20)10-14/h4,7,10-11,13H,3,5-6,8-9H2,1-2H3,(H,21,25). The van der Waals surface area contributed by atoms with Crippen LogP contribution in [0.1, 0.15) is 53.7 Å². The number of amides is 1. The van der Waals surface area contributed by atoms with Crippen molar-refractivity contribution in [2.75, 3.05) is 13.2 Å². The zero-order chi connectivity index (χ0) is 18.7. The topological polar surface area (TPSA) is 73.2 Å². The lowest BCUT2D eigenvalue weighted by atomic mass is 10.1. The number of carbonyl (C=O) groups excluding carboxylic acids is 2. The minimum Gasteiger partial charge on any atom is -0.466 e. The number of hydrogen-bond acceptors (Lipinski definition) is 4. The lowest BCUT2D eigenvalue weighted by Crippen LogP contribution is -2.27. The number of esters is 1. The first kappa shape index (κ1) is 18.5. The van der Waals surface area contributed by atoms with Gasteiger partial charge in [0, 0.05) is 17.5 Å². The molecular weight excluding hydrogens is 354 g/mol. The van der Waals surface area contributed by atoms with Crippen LogP contribution in [0.4, 0.5) is 0 Å². The normalized spacial score (nSPS) is 13.5. The first-order valence-electron chi connectivity index (χ1n) is 8.79. The number of nitrogens with one attached hydrogen (secondary N) is 1. The molecular formula is C19H22ClN3O3. The second-order valence-corrected chi connectivity index (χ2v) is 6.78. The molecule has 1 aliphatic rings. The molecule has 0 atom stereocenters. The number of benzene rings is 1. The van der Waals surface area contributed by atoms with Crippen LogP contribution in [-0.2, 0) is 9.53 Å². The van der Waals surface area contributed by atoms with Crippen molar-refractivity contribution in [3.05, 3.63) is 46.2 Å². The molecule has 1 N–H and O–H groups in total. The van der Waals surface area contributed by atoms with E-state index in [1.54, 1.807) is 17.8 Å². The molecule has 1 aromatic heterocycles. The Kier molecular flexibility index (Phi) is 5.61. The third kappa shape index (κ3) is 4.07. The van der Waals surface area contributed by atoms with Crippen LogP contribution in [0, 0.1) is 6.92 Å². The maximum atomic E-state index is 12.6. The molecule has 3 rings (SSSR count). The molecule has 1 aliphatic carbocycles. The van der Waals surface area contributed by atoms with Gasteiger partial charge in [-0.05, 0) is 44.4 Å². The van der Waals surface area contributed by atoms with Gasteiger partial charge in [-0.15, -0.1) is 0 Å². The van der Waals surface area contributed by atoms with Crippen molar-refractivity contribution in [1.29, 1.82) is 0 Å². The van der Waals surface area contributed by atoms with Crippen molar-refractivity contribution >= 4 is 23.5 Å². The highest BCUT2D eigenvalue weighted by Gasteiger charge is 2.33. The van der Waals surface area contributed by atoms with E-state index in [0.717, 1.165) is 29.8 Å². The molecule has 138 valence electrons. The van der Waals surface area contributed by atoms with Gasteiger partial charge < -0.3 is 10.1 Å². The fraction of sp³-hybridized carbons (Fsp3) is 0.421. The third-order valence-electron chi connectivity index (χ3n) is 4.34. The van der Waals surface area contributed by atoms with E-state index in [2.05, 4.69) is 10.4 Å². The number of aromatic nitrogens is 2. The van der Waals surface area contributed by atoms with Gasteiger partial charge in [-0.2, -0.15) is 5.10 Å². The van der Waals surface area contributed by atoms with E-state index in [1.807, 2.05) is 25.1 Å². The number of nitrogens with zero attached hydrogens (tertiary/aromatic N) is 2. The first-order chi connectivity index (χ1) is 12.5. The van der Waals surface area contributed by atoms with E-state index in [4.69, 9.17) is 16.3 Å². The molecule has 0 aliphatic heterocycles. The molecule has 1 heterocycles. The van der Waals surface area contributed by atoms with Crippen molar-refractivity contribution in [3.63, 3.8) is 0 Å². The van der Waals surface area contributed by atoms with Crippen LogP contribution < -0.4 is 5.32 Å². The molecule has 1 aromatic carbocycles. The fourth-order valence-corrected chi connectivity index (χ4v) is 2.98. The molecule has 0 unspecified atom stereocenters. The summed E-state index contributed by atoms with van der Waals surface area (Å²) < 4.78 is 6.66. The molecule has 1 fully saturated rings. The summed E-state index contributed by atoms with van der Waals surface area (Å²) in [5.41, 5.74) is 3.28. The predicted octanol–water partition coefficient (Wildman–Crippen LogP) is 3.39. The van der Waals surface area contributed by atoms with E-state index in [0.29, 0.717) is 23.1 Å². The average molecular weight is 376 g/mol. The maximum Gasteiger partial charge on any atom is 0.307 e. The number of aryl methyl sites for hydroxylation is 1. The highest BCUT2D eigenvalue weighted by atomic mass is 35.5. The number of carbonyl (C=O) groups is 2. The quantitative estimate of drug-likeness (QED) is 0.753. The Morgan fingerprint density at radius 1 is 1.38 bits per heavy atom. The van der Waals surface area contributed by atoms with Crippen molar-refractivity contribution < 1.29 is 14.3 Å².